The molecule has 0 aliphatic rings. The van der Waals surface area contributed by atoms with Crippen molar-refractivity contribution < 1.29 is 14.3 Å². The van der Waals surface area contributed by atoms with E-state index in [2.05, 4.69) is 5.32 Å². The Hall–Kier alpha value is -2.82. The molecule has 0 radical (unpaired) electrons. The molecule has 0 aliphatic carbocycles. The summed E-state index contributed by atoms with van der Waals surface area (Å²) in [6.07, 6.45) is 0. The van der Waals surface area contributed by atoms with Gasteiger partial charge in [0.25, 0.3) is 11.8 Å². The fourth-order valence-electron chi connectivity index (χ4n) is 2.11. The Balaban J connectivity index is 1.95. The Bertz CT molecular complexity index is 671. The zero-order valence-electron chi connectivity index (χ0n) is 13.3. The normalized spacial score (nSPS) is 10.0. The van der Waals surface area contributed by atoms with E-state index in [9.17, 15) is 9.59 Å². The van der Waals surface area contributed by atoms with Gasteiger partial charge in [0, 0.05) is 20.6 Å². The molecule has 0 unspecified atom stereocenters. The number of nitrogens with one attached hydrogen (secondary N) is 1. The van der Waals surface area contributed by atoms with Crippen LogP contribution in [0.1, 0.15) is 15.9 Å². The van der Waals surface area contributed by atoms with Crippen LogP contribution in [0.25, 0.3) is 0 Å². The molecule has 0 saturated heterocycles. The molecule has 1 N–H and O–H groups in total. The third-order valence-electron chi connectivity index (χ3n) is 3.40. The zero-order chi connectivity index (χ0) is 16.7. The number of nitrogens with zero attached hydrogens (tertiary/aromatic N) is 1. The highest BCUT2D eigenvalue weighted by atomic mass is 16.5. The predicted molar refractivity (Wildman–Crippen MR) is 88.2 cm³/mol. The molecule has 0 saturated carbocycles. The molecule has 2 amide bonds. The number of benzene rings is 2. The van der Waals surface area contributed by atoms with Crippen LogP contribution in [-0.4, -0.2) is 37.4 Å². The van der Waals surface area contributed by atoms with Crippen LogP contribution in [0.5, 0.6) is 5.75 Å². The van der Waals surface area contributed by atoms with Crippen LogP contribution in [0.15, 0.2) is 54.6 Å². The van der Waals surface area contributed by atoms with Crippen molar-refractivity contribution in [2.24, 2.45) is 0 Å². The van der Waals surface area contributed by atoms with E-state index in [0.717, 1.165) is 5.56 Å². The summed E-state index contributed by atoms with van der Waals surface area (Å²) in [6, 6.07) is 16.6. The highest BCUT2D eigenvalue weighted by Gasteiger charge is 2.14. The lowest BCUT2D eigenvalue weighted by molar-refractivity contribution is -0.132. The summed E-state index contributed by atoms with van der Waals surface area (Å²) in [4.78, 5) is 25.5. The third-order valence-corrected chi connectivity index (χ3v) is 3.40. The molecule has 0 heterocycles. The van der Waals surface area contributed by atoms with Gasteiger partial charge in [-0.2, -0.15) is 0 Å². The first kappa shape index (κ1) is 16.5. The molecule has 5 nitrogen and oxygen atoms in total. The Morgan fingerprint density at radius 3 is 2.39 bits per heavy atom. The fourth-order valence-corrected chi connectivity index (χ4v) is 2.11. The Morgan fingerprint density at radius 2 is 1.70 bits per heavy atom. The van der Waals surface area contributed by atoms with Crippen LogP contribution < -0.4 is 10.1 Å². The summed E-state index contributed by atoms with van der Waals surface area (Å²) in [5.41, 5.74) is 1.46. The van der Waals surface area contributed by atoms with Gasteiger partial charge >= 0.3 is 0 Å². The SMILES string of the molecule is CNC(=O)c1ccccc1OCC(=O)N(C)Cc1ccccc1. The van der Waals surface area contributed by atoms with Crippen molar-refractivity contribution in [1.29, 1.82) is 0 Å². The smallest absolute Gasteiger partial charge is 0.260 e. The maximum absolute atomic E-state index is 12.2. The fraction of sp³-hybridized carbons (Fsp3) is 0.222. The summed E-state index contributed by atoms with van der Waals surface area (Å²) < 4.78 is 5.53. The summed E-state index contributed by atoms with van der Waals surface area (Å²) in [6.45, 7) is 0.400. The van der Waals surface area contributed by atoms with Gasteiger partial charge in [-0.15, -0.1) is 0 Å². The number of carbonyl (C=O) groups is 2. The van der Waals surface area contributed by atoms with Gasteiger partial charge in [0.05, 0.1) is 5.56 Å². The number of amides is 2. The molecular formula is C18H20N2O3. The number of carbonyl (C=O) groups excluding carboxylic acids is 2. The Kier molecular flexibility index (Phi) is 5.74. The number of hydrogen-bond acceptors (Lipinski definition) is 3. The van der Waals surface area contributed by atoms with E-state index >= 15 is 0 Å². The summed E-state index contributed by atoms with van der Waals surface area (Å²) in [7, 11) is 3.28. The number of hydrogen-bond donors (Lipinski definition) is 1. The topological polar surface area (TPSA) is 58.6 Å². The second-order valence-corrected chi connectivity index (χ2v) is 5.10. The molecular weight excluding hydrogens is 292 g/mol. The van der Waals surface area contributed by atoms with Crippen LogP contribution in [-0.2, 0) is 11.3 Å². The number of ether oxygens (including phenoxy) is 1. The molecule has 23 heavy (non-hydrogen) atoms. The van der Waals surface area contributed by atoms with Gasteiger partial charge in [-0.3, -0.25) is 9.59 Å². The minimum absolute atomic E-state index is 0.114. The molecule has 0 atom stereocenters. The number of rotatable bonds is 6. The lowest BCUT2D eigenvalue weighted by Gasteiger charge is -2.18. The first-order chi connectivity index (χ1) is 11.1. The molecule has 0 aromatic heterocycles. The minimum atomic E-state index is -0.245. The van der Waals surface area contributed by atoms with E-state index in [-0.39, 0.29) is 18.4 Å². The second-order valence-electron chi connectivity index (χ2n) is 5.10. The van der Waals surface area contributed by atoms with Gasteiger partial charge in [0.15, 0.2) is 6.61 Å². The van der Waals surface area contributed by atoms with Crippen LogP contribution in [0.2, 0.25) is 0 Å². The summed E-state index contributed by atoms with van der Waals surface area (Å²) in [5, 5.41) is 2.55. The molecule has 0 fully saturated rings. The van der Waals surface area contributed by atoms with Crippen molar-refractivity contribution in [3.05, 3.63) is 65.7 Å². The quantitative estimate of drug-likeness (QED) is 0.888. The van der Waals surface area contributed by atoms with Gasteiger partial charge in [0.1, 0.15) is 5.75 Å². The summed E-state index contributed by atoms with van der Waals surface area (Å²) >= 11 is 0. The first-order valence-electron chi connectivity index (χ1n) is 7.33. The minimum Gasteiger partial charge on any atom is -0.483 e. The highest BCUT2D eigenvalue weighted by Crippen LogP contribution is 2.17. The van der Waals surface area contributed by atoms with E-state index in [0.29, 0.717) is 17.9 Å². The lowest BCUT2D eigenvalue weighted by Crippen LogP contribution is -2.31. The molecule has 0 bridgehead atoms. The Morgan fingerprint density at radius 1 is 1.04 bits per heavy atom. The zero-order valence-corrected chi connectivity index (χ0v) is 13.3. The largest absolute Gasteiger partial charge is 0.483 e. The van der Waals surface area contributed by atoms with Gasteiger partial charge in [-0.05, 0) is 17.7 Å². The second kappa shape index (κ2) is 7.98. The predicted octanol–water partition coefficient (Wildman–Crippen LogP) is 2.08. The van der Waals surface area contributed by atoms with E-state index in [1.807, 2.05) is 30.3 Å². The van der Waals surface area contributed by atoms with Crippen molar-refractivity contribution in [2.45, 2.75) is 6.54 Å². The summed E-state index contributed by atoms with van der Waals surface area (Å²) in [5.74, 6) is -0.000405. The van der Waals surface area contributed by atoms with E-state index in [4.69, 9.17) is 4.74 Å². The molecule has 5 heteroatoms. The first-order valence-corrected chi connectivity index (χ1v) is 7.33. The van der Waals surface area contributed by atoms with Crippen molar-refractivity contribution >= 4 is 11.8 Å². The monoisotopic (exact) mass is 312 g/mol. The van der Waals surface area contributed by atoms with Crippen LogP contribution in [0.3, 0.4) is 0 Å². The molecule has 2 rings (SSSR count). The average molecular weight is 312 g/mol. The highest BCUT2D eigenvalue weighted by molar-refractivity contribution is 5.96. The molecule has 120 valence electrons. The Labute approximate surface area is 135 Å². The lowest BCUT2D eigenvalue weighted by atomic mass is 10.2. The maximum Gasteiger partial charge on any atom is 0.260 e. The van der Waals surface area contributed by atoms with E-state index < -0.39 is 0 Å². The van der Waals surface area contributed by atoms with Crippen molar-refractivity contribution in [3.63, 3.8) is 0 Å². The van der Waals surface area contributed by atoms with E-state index in [1.54, 1.807) is 43.3 Å². The van der Waals surface area contributed by atoms with Crippen molar-refractivity contribution in [2.75, 3.05) is 20.7 Å². The molecule has 0 aliphatic heterocycles. The average Bonchev–Trinajstić information content (AvgIpc) is 2.60. The number of para-hydroxylation sites is 1. The van der Waals surface area contributed by atoms with Gasteiger partial charge < -0.3 is 15.0 Å². The molecule has 2 aromatic rings. The maximum atomic E-state index is 12.2. The third kappa shape index (κ3) is 4.57. The van der Waals surface area contributed by atoms with Crippen molar-refractivity contribution in [3.8, 4) is 5.75 Å². The van der Waals surface area contributed by atoms with Crippen LogP contribution >= 0.6 is 0 Å². The van der Waals surface area contributed by atoms with Gasteiger partial charge in [-0.25, -0.2) is 0 Å². The van der Waals surface area contributed by atoms with Gasteiger partial charge in [0.2, 0.25) is 0 Å². The standard InChI is InChI=1S/C18H20N2O3/c1-19-18(22)15-10-6-7-11-16(15)23-13-17(21)20(2)12-14-8-4-3-5-9-14/h3-11H,12-13H2,1-2H3,(H,19,22). The van der Waals surface area contributed by atoms with Gasteiger partial charge in [-0.1, -0.05) is 42.5 Å². The van der Waals surface area contributed by atoms with E-state index in [1.165, 1.54) is 0 Å². The number of likely N-dealkylation sites (N-methyl/N-ethyl adjacent to an activating group) is 1. The molecule has 2 aromatic carbocycles. The van der Waals surface area contributed by atoms with Crippen molar-refractivity contribution in [1.82, 2.24) is 10.2 Å². The van der Waals surface area contributed by atoms with Crippen LogP contribution in [0.4, 0.5) is 0 Å². The molecule has 0 spiro atoms. The van der Waals surface area contributed by atoms with Crippen LogP contribution in [0, 0.1) is 0 Å².